The van der Waals surface area contributed by atoms with Crippen molar-refractivity contribution in [3.63, 3.8) is 0 Å². The Hall–Kier alpha value is -3.13. The standard InChI is InChI=1S/C20H18F2N4O2/c1-25-19(27)11-17(13-2-4-23-5-3-13)24-20(25)26-6-7-28-18(12-26)14-8-15(21)10-16(22)9-14/h2-5,8-11,18H,6-7,12H2,1H3. The van der Waals surface area contributed by atoms with E-state index >= 15 is 0 Å². The summed E-state index contributed by atoms with van der Waals surface area (Å²) in [5.74, 6) is -0.827. The van der Waals surface area contributed by atoms with Crippen molar-refractivity contribution in [2.45, 2.75) is 6.10 Å². The SMILES string of the molecule is Cn1c(N2CCOC(c3cc(F)cc(F)c3)C2)nc(-c2ccncc2)cc1=O. The van der Waals surface area contributed by atoms with Crippen molar-refractivity contribution < 1.29 is 13.5 Å². The van der Waals surface area contributed by atoms with Crippen molar-refractivity contribution >= 4 is 5.95 Å². The predicted molar refractivity (Wildman–Crippen MR) is 100.0 cm³/mol. The lowest BCUT2D eigenvalue weighted by atomic mass is 10.1. The molecular weight excluding hydrogens is 366 g/mol. The van der Waals surface area contributed by atoms with Gasteiger partial charge < -0.3 is 9.64 Å². The topological polar surface area (TPSA) is 60.2 Å². The molecule has 1 fully saturated rings. The fraction of sp³-hybridized carbons (Fsp3) is 0.250. The van der Waals surface area contributed by atoms with Crippen LogP contribution in [-0.2, 0) is 11.8 Å². The van der Waals surface area contributed by atoms with E-state index in [2.05, 4.69) is 9.97 Å². The first-order valence-electron chi connectivity index (χ1n) is 8.82. The maximum absolute atomic E-state index is 13.6. The smallest absolute Gasteiger partial charge is 0.255 e. The molecule has 1 aromatic carbocycles. The number of hydrogen-bond acceptors (Lipinski definition) is 5. The van der Waals surface area contributed by atoms with Crippen molar-refractivity contribution in [3.05, 3.63) is 76.3 Å². The Bertz CT molecular complexity index is 1040. The highest BCUT2D eigenvalue weighted by molar-refractivity contribution is 5.59. The minimum Gasteiger partial charge on any atom is -0.370 e. The van der Waals surface area contributed by atoms with Crippen molar-refractivity contribution in [3.8, 4) is 11.3 Å². The summed E-state index contributed by atoms with van der Waals surface area (Å²) in [5, 5.41) is 0. The van der Waals surface area contributed by atoms with E-state index in [1.54, 1.807) is 31.6 Å². The number of anilines is 1. The van der Waals surface area contributed by atoms with Crippen LogP contribution in [0.2, 0.25) is 0 Å². The molecule has 28 heavy (non-hydrogen) atoms. The first kappa shape index (κ1) is 18.2. The molecule has 0 saturated carbocycles. The lowest BCUT2D eigenvalue weighted by molar-refractivity contribution is 0.0386. The number of halogens is 2. The summed E-state index contributed by atoms with van der Waals surface area (Å²) in [6.07, 6.45) is 2.75. The van der Waals surface area contributed by atoms with Crippen LogP contribution in [-0.4, -0.2) is 34.2 Å². The first-order valence-corrected chi connectivity index (χ1v) is 8.82. The van der Waals surface area contributed by atoms with Crippen molar-refractivity contribution in [1.29, 1.82) is 0 Å². The number of ether oxygens (including phenoxy) is 1. The van der Waals surface area contributed by atoms with E-state index < -0.39 is 17.7 Å². The maximum atomic E-state index is 13.6. The minimum absolute atomic E-state index is 0.198. The average Bonchev–Trinajstić information content (AvgIpc) is 2.70. The van der Waals surface area contributed by atoms with Crippen LogP contribution < -0.4 is 10.5 Å². The summed E-state index contributed by atoms with van der Waals surface area (Å²) < 4.78 is 34.3. The molecule has 0 amide bonds. The summed E-state index contributed by atoms with van der Waals surface area (Å²) in [7, 11) is 1.65. The van der Waals surface area contributed by atoms with E-state index in [9.17, 15) is 13.6 Å². The maximum Gasteiger partial charge on any atom is 0.255 e. The number of rotatable bonds is 3. The van der Waals surface area contributed by atoms with Crippen LogP contribution in [0.25, 0.3) is 11.3 Å². The molecule has 3 heterocycles. The van der Waals surface area contributed by atoms with Gasteiger partial charge in [-0.3, -0.25) is 14.3 Å². The van der Waals surface area contributed by atoms with E-state index in [1.807, 2.05) is 4.90 Å². The molecule has 8 heteroatoms. The predicted octanol–water partition coefficient (Wildman–Crippen LogP) is 2.70. The van der Waals surface area contributed by atoms with Gasteiger partial charge in [0.05, 0.1) is 18.8 Å². The third-order valence-corrected chi connectivity index (χ3v) is 4.69. The van der Waals surface area contributed by atoms with E-state index in [4.69, 9.17) is 4.74 Å². The Morgan fingerprint density at radius 3 is 2.54 bits per heavy atom. The van der Waals surface area contributed by atoms with Crippen LogP contribution in [0, 0.1) is 11.6 Å². The molecule has 3 aromatic rings. The largest absolute Gasteiger partial charge is 0.370 e. The molecule has 144 valence electrons. The number of aromatic nitrogens is 3. The Kier molecular flexibility index (Phi) is 4.87. The molecule has 6 nitrogen and oxygen atoms in total. The van der Waals surface area contributed by atoms with Gasteiger partial charge in [-0.2, -0.15) is 0 Å². The summed E-state index contributed by atoms with van der Waals surface area (Å²) in [5.41, 5.74) is 1.54. The first-order chi connectivity index (χ1) is 13.5. The molecule has 1 aliphatic rings. The zero-order valence-electron chi connectivity index (χ0n) is 15.2. The summed E-state index contributed by atoms with van der Waals surface area (Å²) in [4.78, 5) is 23.0. The van der Waals surface area contributed by atoms with Crippen LogP contribution in [0.3, 0.4) is 0 Å². The number of morpholine rings is 1. The number of nitrogens with zero attached hydrogens (tertiary/aromatic N) is 4. The van der Waals surface area contributed by atoms with Crippen molar-refractivity contribution in [2.75, 3.05) is 24.6 Å². The lowest BCUT2D eigenvalue weighted by Gasteiger charge is -2.34. The Morgan fingerprint density at radius 2 is 1.82 bits per heavy atom. The molecule has 2 aromatic heterocycles. The highest BCUT2D eigenvalue weighted by Gasteiger charge is 2.26. The number of pyridine rings is 1. The number of benzene rings is 1. The number of hydrogen-bond donors (Lipinski definition) is 0. The van der Waals surface area contributed by atoms with E-state index in [0.29, 0.717) is 36.9 Å². The third-order valence-electron chi connectivity index (χ3n) is 4.69. The van der Waals surface area contributed by atoms with Gasteiger partial charge in [-0.1, -0.05) is 0 Å². The van der Waals surface area contributed by atoms with Gasteiger partial charge in [-0.25, -0.2) is 13.8 Å². The fourth-order valence-corrected chi connectivity index (χ4v) is 3.27. The molecule has 0 spiro atoms. The van der Waals surface area contributed by atoms with E-state index in [-0.39, 0.29) is 5.56 Å². The summed E-state index contributed by atoms with van der Waals surface area (Å²) in [6.45, 7) is 1.18. The highest BCUT2D eigenvalue weighted by Crippen LogP contribution is 2.27. The van der Waals surface area contributed by atoms with Crippen LogP contribution in [0.15, 0.2) is 53.6 Å². The fourth-order valence-electron chi connectivity index (χ4n) is 3.27. The monoisotopic (exact) mass is 384 g/mol. The Labute approximate surface area is 160 Å². The lowest BCUT2D eigenvalue weighted by Crippen LogP contribution is -2.41. The van der Waals surface area contributed by atoms with Gasteiger partial charge in [0.15, 0.2) is 0 Å². The minimum atomic E-state index is -0.652. The van der Waals surface area contributed by atoms with Crippen LogP contribution >= 0.6 is 0 Å². The van der Waals surface area contributed by atoms with Crippen LogP contribution in [0.1, 0.15) is 11.7 Å². The zero-order valence-corrected chi connectivity index (χ0v) is 15.2. The molecule has 1 unspecified atom stereocenters. The second kappa shape index (κ2) is 7.47. The molecule has 1 saturated heterocycles. The molecule has 4 rings (SSSR count). The second-order valence-corrected chi connectivity index (χ2v) is 6.58. The summed E-state index contributed by atoms with van der Waals surface area (Å²) in [6, 6.07) is 8.38. The van der Waals surface area contributed by atoms with Crippen LogP contribution in [0.4, 0.5) is 14.7 Å². The molecule has 0 bridgehead atoms. The summed E-state index contributed by atoms with van der Waals surface area (Å²) >= 11 is 0. The Balaban J connectivity index is 1.68. The normalized spacial score (nSPS) is 17.0. The van der Waals surface area contributed by atoms with Crippen molar-refractivity contribution in [2.24, 2.45) is 7.05 Å². The molecule has 0 radical (unpaired) electrons. The molecular formula is C20H18F2N4O2. The highest BCUT2D eigenvalue weighted by atomic mass is 19.1. The molecule has 0 aliphatic carbocycles. The van der Waals surface area contributed by atoms with Crippen LogP contribution in [0.5, 0.6) is 0 Å². The van der Waals surface area contributed by atoms with Gasteiger partial charge >= 0.3 is 0 Å². The molecule has 1 atom stereocenters. The van der Waals surface area contributed by atoms with Gasteiger partial charge in [-0.05, 0) is 29.8 Å². The van der Waals surface area contributed by atoms with Gasteiger partial charge in [0, 0.05) is 43.7 Å². The molecule has 1 aliphatic heterocycles. The van der Waals surface area contributed by atoms with Gasteiger partial charge in [0.25, 0.3) is 5.56 Å². The zero-order chi connectivity index (χ0) is 19.7. The third kappa shape index (κ3) is 3.63. The molecule has 0 N–H and O–H groups in total. The second-order valence-electron chi connectivity index (χ2n) is 6.58. The average molecular weight is 384 g/mol. The quantitative estimate of drug-likeness (QED) is 0.695. The Morgan fingerprint density at radius 1 is 1.11 bits per heavy atom. The van der Waals surface area contributed by atoms with Crippen molar-refractivity contribution in [1.82, 2.24) is 14.5 Å². The van der Waals surface area contributed by atoms with E-state index in [1.165, 1.54) is 22.8 Å². The van der Waals surface area contributed by atoms with E-state index in [0.717, 1.165) is 11.6 Å². The van der Waals surface area contributed by atoms with Gasteiger partial charge in [-0.15, -0.1) is 0 Å². The van der Waals surface area contributed by atoms with Gasteiger partial charge in [0.1, 0.15) is 17.7 Å². The van der Waals surface area contributed by atoms with Gasteiger partial charge in [0.2, 0.25) is 5.95 Å².